The third kappa shape index (κ3) is 3.24. The molecule has 0 unspecified atom stereocenters. The third-order valence-corrected chi connectivity index (χ3v) is 3.86. The molecule has 1 fully saturated rings. The number of nitrogens with one attached hydrogen (secondary N) is 1. The van der Waals surface area contributed by atoms with Gasteiger partial charge in [0.1, 0.15) is 6.04 Å². The predicted molar refractivity (Wildman–Crippen MR) is 78.4 cm³/mol. The number of nitrogens with zero attached hydrogens (tertiary/aromatic N) is 1. The van der Waals surface area contributed by atoms with Crippen LogP contribution in [-0.4, -0.2) is 39.6 Å². The predicted octanol–water partition coefficient (Wildman–Crippen LogP) is 1.09. The highest BCUT2D eigenvalue weighted by molar-refractivity contribution is 8.00. The highest BCUT2D eigenvalue weighted by Crippen LogP contribution is 2.20. The smallest absolute Gasteiger partial charge is 0.313 e. The van der Waals surface area contributed by atoms with Crippen LogP contribution in [0.3, 0.4) is 0 Å². The summed E-state index contributed by atoms with van der Waals surface area (Å²) in [6.45, 7) is 0. The molecule has 0 spiro atoms. The van der Waals surface area contributed by atoms with Crippen LogP contribution in [0.5, 0.6) is 0 Å². The van der Waals surface area contributed by atoms with Gasteiger partial charge in [0.15, 0.2) is 5.11 Å². The average Bonchev–Trinajstić information content (AvgIpc) is 2.65. The van der Waals surface area contributed by atoms with Crippen LogP contribution in [0.25, 0.3) is 0 Å². The molecule has 5 nitrogen and oxygen atoms in total. The van der Waals surface area contributed by atoms with E-state index in [4.69, 9.17) is 17.3 Å². The van der Waals surface area contributed by atoms with Crippen LogP contribution < -0.4 is 10.2 Å². The molecule has 1 saturated heterocycles. The lowest BCUT2D eigenvalue weighted by Gasteiger charge is -2.14. The molecule has 0 aliphatic carbocycles. The molecule has 1 aromatic rings. The minimum Gasteiger partial charge on any atom is -0.481 e. The van der Waals surface area contributed by atoms with E-state index in [-0.39, 0.29) is 11.7 Å². The number of hydrogen-bond acceptors (Lipinski definition) is 4. The number of para-hydroxylation sites is 1. The zero-order chi connectivity index (χ0) is 13.8. The number of rotatable bonds is 5. The lowest BCUT2D eigenvalue weighted by Crippen LogP contribution is -2.32. The maximum atomic E-state index is 12.2. The normalized spacial score (nSPS) is 18.5. The Balaban J connectivity index is 2.03. The van der Waals surface area contributed by atoms with Crippen molar-refractivity contribution >= 4 is 46.7 Å². The van der Waals surface area contributed by atoms with Gasteiger partial charge in [0.25, 0.3) is 5.91 Å². The van der Waals surface area contributed by atoms with Crippen LogP contribution in [0.1, 0.15) is 0 Å². The zero-order valence-electron chi connectivity index (χ0n) is 9.91. The van der Waals surface area contributed by atoms with Crippen LogP contribution in [0.2, 0.25) is 0 Å². The lowest BCUT2D eigenvalue weighted by atomic mass is 10.3. The number of anilines is 1. The van der Waals surface area contributed by atoms with Gasteiger partial charge in [-0.1, -0.05) is 18.2 Å². The lowest BCUT2D eigenvalue weighted by molar-refractivity contribution is -0.134. The van der Waals surface area contributed by atoms with Crippen molar-refractivity contribution in [3.63, 3.8) is 0 Å². The molecule has 2 rings (SSSR count). The first kappa shape index (κ1) is 13.8. The second kappa shape index (κ2) is 6.03. The third-order valence-electron chi connectivity index (χ3n) is 2.54. The Morgan fingerprint density at radius 2 is 2.11 bits per heavy atom. The van der Waals surface area contributed by atoms with Crippen LogP contribution >= 0.6 is 24.0 Å². The molecule has 1 amide bonds. The van der Waals surface area contributed by atoms with Crippen molar-refractivity contribution in [2.24, 2.45) is 0 Å². The molecule has 0 saturated carbocycles. The van der Waals surface area contributed by atoms with Gasteiger partial charge in [0.2, 0.25) is 0 Å². The van der Waals surface area contributed by atoms with E-state index in [0.29, 0.717) is 10.9 Å². The molecule has 19 heavy (non-hydrogen) atoms. The van der Waals surface area contributed by atoms with Crippen molar-refractivity contribution in [3.8, 4) is 0 Å². The molecule has 1 heterocycles. The number of amides is 1. The van der Waals surface area contributed by atoms with E-state index in [1.165, 1.54) is 16.7 Å². The van der Waals surface area contributed by atoms with Crippen molar-refractivity contribution < 1.29 is 14.7 Å². The summed E-state index contributed by atoms with van der Waals surface area (Å²) in [5.74, 6) is -0.676. The first-order valence-corrected chi connectivity index (χ1v) is 7.15. The Bertz CT molecular complexity index is 507. The number of carbonyl (C=O) groups is 2. The molecule has 100 valence electrons. The minimum atomic E-state index is -0.891. The summed E-state index contributed by atoms with van der Waals surface area (Å²) in [6.07, 6.45) is 0. The molecule has 7 heteroatoms. The molecular formula is C12H12N2O3S2. The molecule has 1 aromatic carbocycles. The second-order valence-corrected chi connectivity index (χ2v) is 5.34. The Kier molecular flexibility index (Phi) is 4.39. The fourth-order valence-electron chi connectivity index (χ4n) is 1.73. The van der Waals surface area contributed by atoms with E-state index < -0.39 is 12.0 Å². The average molecular weight is 296 g/mol. The molecule has 1 atom stereocenters. The first-order chi connectivity index (χ1) is 9.09. The second-order valence-electron chi connectivity index (χ2n) is 3.92. The van der Waals surface area contributed by atoms with Crippen LogP contribution in [-0.2, 0) is 9.59 Å². The Morgan fingerprint density at radius 3 is 2.74 bits per heavy atom. The largest absolute Gasteiger partial charge is 0.481 e. The number of aliphatic carboxylic acids is 1. The number of thioether (sulfide) groups is 1. The maximum Gasteiger partial charge on any atom is 0.313 e. The van der Waals surface area contributed by atoms with Crippen molar-refractivity contribution in [1.82, 2.24) is 5.32 Å². The number of benzene rings is 1. The Morgan fingerprint density at radius 1 is 1.42 bits per heavy atom. The van der Waals surface area contributed by atoms with Crippen molar-refractivity contribution in [2.45, 2.75) is 6.04 Å². The molecule has 0 radical (unpaired) electrons. The number of carbonyl (C=O) groups excluding carboxylic acids is 1. The first-order valence-electron chi connectivity index (χ1n) is 5.58. The van der Waals surface area contributed by atoms with Gasteiger partial charge in [-0.2, -0.15) is 0 Å². The van der Waals surface area contributed by atoms with Gasteiger partial charge in [-0.05, 0) is 24.4 Å². The monoisotopic (exact) mass is 296 g/mol. The van der Waals surface area contributed by atoms with Gasteiger partial charge in [0.05, 0.1) is 11.4 Å². The minimum absolute atomic E-state index is 0.0242. The van der Waals surface area contributed by atoms with E-state index >= 15 is 0 Å². The quantitative estimate of drug-likeness (QED) is 0.793. The summed E-state index contributed by atoms with van der Waals surface area (Å²) < 4.78 is 0. The zero-order valence-corrected chi connectivity index (χ0v) is 11.5. The van der Waals surface area contributed by atoms with Gasteiger partial charge in [-0.25, -0.2) is 0 Å². The van der Waals surface area contributed by atoms with E-state index in [2.05, 4.69) is 5.32 Å². The van der Waals surface area contributed by atoms with Crippen molar-refractivity contribution in [3.05, 3.63) is 30.3 Å². The van der Waals surface area contributed by atoms with Crippen LogP contribution in [0, 0.1) is 0 Å². The molecular weight excluding hydrogens is 284 g/mol. The summed E-state index contributed by atoms with van der Waals surface area (Å²) in [6, 6.07) is 8.67. The van der Waals surface area contributed by atoms with Gasteiger partial charge >= 0.3 is 5.97 Å². The topological polar surface area (TPSA) is 69.6 Å². The molecule has 1 aliphatic heterocycles. The van der Waals surface area contributed by atoms with E-state index in [1.807, 2.05) is 18.2 Å². The molecule has 2 N–H and O–H groups in total. The fraction of sp³-hybridized carbons (Fsp3) is 0.250. The Labute approximate surface area is 120 Å². The molecule has 0 bridgehead atoms. The summed E-state index contributed by atoms with van der Waals surface area (Å²) in [7, 11) is 0. The summed E-state index contributed by atoms with van der Waals surface area (Å²) in [5, 5.41) is 11.9. The fourth-order valence-corrected chi connectivity index (χ4v) is 2.82. The molecule has 1 aliphatic rings. The SMILES string of the molecule is O=C(O)CSC[C@H]1NC(=S)N(c2ccccc2)C1=O. The summed E-state index contributed by atoms with van der Waals surface area (Å²) in [5.41, 5.74) is 0.718. The van der Waals surface area contributed by atoms with Gasteiger partial charge in [-0.3, -0.25) is 14.5 Å². The van der Waals surface area contributed by atoms with Gasteiger partial charge in [-0.15, -0.1) is 11.8 Å². The van der Waals surface area contributed by atoms with Gasteiger partial charge < -0.3 is 10.4 Å². The number of carboxylic acids is 1. The number of hydrogen-bond donors (Lipinski definition) is 2. The van der Waals surface area contributed by atoms with E-state index in [1.54, 1.807) is 12.1 Å². The highest BCUT2D eigenvalue weighted by atomic mass is 32.2. The van der Waals surface area contributed by atoms with Crippen LogP contribution in [0.4, 0.5) is 5.69 Å². The van der Waals surface area contributed by atoms with E-state index in [9.17, 15) is 9.59 Å². The standard InChI is InChI=1S/C12H12N2O3S2/c15-10(16)7-19-6-9-11(17)14(12(18)13-9)8-4-2-1-3-5-8/h1-5,9H,6-7H2,(H,13,18)(H,15,16)/t9-/m1/s1. The molecule has 0 aromatic heterocycles. The van der Waals surface area contributed by atoms with E-state index in [0.717, 1.165) is 5.69 Å². The van der Waals surface area contributed by atoms with Crippen molar-refractivity contribution in [1.29, 1.82) is 0 Å². The number of thiocarbonyl (C=S) groups is 1. The van der Waals surface area contributed by atoms with Crippen LogP contribution in [0.15, 0.2) is 30.3 Å². The van der Waals surface area contributed by atoms with Gasteiger partial charge in [0, 0.05) is 5.75 Å². The summed E-state index contributed by atoms with van der Waals surface area (Å²) >= 11 is 6.34. The maximum absolute atomic E-state index is 12.2. The summed E-state index contributed by atoms with van der Waals surface area (Å²) in [4.78, 5) is 24.1. The Hall–Kier alpha value is -1.60. The van der Waals surface area contributed by atoms with Crippen molar-refractivity contribution in [2.75, 3.05) is 16.4 Å². The number of carboxylic acid groups (broad SMARTS) is 1. The highest BCUT2D eigenvalue weighted by Gasteiger charge is 2.36.